The minimum Gasteiger partial charge on any atom is -0.481 e. The van der Waals surface area contributed by atoms with Crippen molar-refractivity contribution in [1.82, 2.24) is 4.72 Å². The lowest BCUT2D eigenvalue weighted by atomic mass is 10.1. The number of carbonyl (C=O) groups is 1. The second-order valence-electron chi connectivity index (χ2n) is 4.74. The first kappa shape index (κ1) is 16.4. The van der Waals surface area contributed by atoms with Crippen molar-refractivity contribution in [1.29, 1.82) is 0 Å². The lowest BCUT2D eigenvalue weighted by Gasteiger charge is -2.15. The van der Waals surface area contributed by atoms with E-state index in [1.807, 2.05) is 6.92 Å². The van der Waals surface area contributed by atoms with Crippen molar-refractivity contribution in [2.45, 2.75) is 31.4 Å². The average Bonchev–Trinajstić information content (AvgIpc) is 2.65. The summed E-state index contributed by atoms with van der Waals surface area (Å²) in [5.74, 6) is -2.34. The van der Waals surface area contributed by atoms with Crippen molar-refractivity contribution in [2.75, 3.05) is 18.1 Å². The van der Waals surface area contributed by atoms with Crippen LogP contribution in [0.5, 0.6) is 0 Å². The van der Waals surface area contributed by atoms with E-state index in [0.29, 0.717) is 12.8 Å². The number of sulfonamides is 1. The molecule has 9 heteroatoms. The van der Waals surface area contributed by atoms with Gasteiger partial charge in [-0.25, -0.2) is 21.6 Å². The monoisotopic (exact) mass is 313 g/mol. The molecule has 1 aliphatic heterocycles. The smallest absolute Gasteiger partial charge is 0.307 e. The number of sulfone groups is 1. The Morgan fingerprint density at radius 3 is 2.53 bits per heavy atom. The first-order valence-corrected chi connectivity index (χ1v) is 9.46. The van der Waals surface area contributed by atoms with Crippen LogP contribution < -0.4 is 4.72 Å². The first-order valence-electron chi connectivity index (χ1n) is 6.09. The summed E-state index contributed by atoms with van der Waals surface area (Å²) in [6.45, 7) is 1.62. The van der Waals surface area contributed by atoms with Crippen molar-refractivity contribution in [3.05, 3.63) is 0 Å². The Morgan fingerprint density at radius 2 is 2.11 bits per heavy atom. The van der Waals surface area contributed by atoms with Crippen LogP contribution in [0.15, 0.2) is 0 Å². The third kappa shape index (κ3) is 4.73. The number of aliphatic carboxylic acids is 1. The van der Waals surface area contributed by atoms with E-state index in [-0.39, 0.29) is 24.5 Å². The van der Waals surface area contributed by atoms with Crippen LogP contribution in [0.25, 0.3) is 0 Å². The maximum atomic E-state index is 11.9. The summed E-state index contributed by atoms with van der Waals surface area (Å²) in [5, 5.41) is 7.95. The third-order valence-electron chi connectivity index (χ3n) is 3.15. The molecule has 1 saturated heterocycles. The zero-order valence-electron chi connectivity index (χ0n) is 10.7. The summed E-state index contributed by atoms with van der Waals surface area (Å²) in [5.41, 5.74) is 0. The molecular formula is C10H19NO6S2. The highest BCUT2D eigenvalue weighted by Crippen LogP contribution is 2.18. The molecule has 19 heavy (non-hydrogen) atoms. The molecule has 0 aromatic heterocycles. The molecule has 2 unspecified atom stereocenters. The number of nitrogens with one attached hydrogen (secondary N) is 1. The van der Waals surface area contributed by atoms with E-state index < -0.39 is 37.0 Å². The highest BCUT2D eigenvalue weighted by Gasteiger charge is 2.37. The van der Waals surface area contributed by atoms with E-state index in [0.717, 1.165) is 0 Å². The Kier molecular flexibility index (Phi) is 5.34. The number of rotatable bonds is 7. The van der Waals surface area contributed by atoms with Gasteiger partial charge in [0.25, 0.3) is 0 Å². The topological polar surface area (TPSA) is 118 Å². The van der Waals surface area contributed by atoms with Crippen LogP contribution in [0.1, 0.15) is 26.2 Å². The molecule has 0 aromatic rings. The average molecular weight is 313 g/mol. The Balaban J connectivity index is 2.63. The second-order valence-corrected chi connectivity index (χ2v) is 9.02. The molecule has 0 aromatic carbocycles. The molecule has 0 spiro atoms. The molecule has 1 fully saturated rings. The fourth-order valence-electron chi connectivity index (χ4n) is 2.00. The van der Waals surface area contributed by atoms with Crippen LogP contribution in [0, 0.1) is 5.92 Å². The summed E-state index contributed by atoms with van der Waals surface area (Å²) in [7, 11) is -7.05. The standard InChI is InChI=1S/C10H19NO6S2/c1-2-3-8(10(12)13)6-11-19(16,17)9-4-5-18(14,15)7-9/h8-9,11H,2-7H2,1H3,(H,12,13). The second kappa shape index (κ2) is 6.19. The van der Waals surface area contributed by atoms with Crippen LogP contribution in [-0.2, 0) is 24.7 Å². The maximum absolute atomic E-state index is 11.9. The fraction of sp³-hybridized carbons (Fsp3) is 0.900. The van der Waals surface area contributed by atoms with Gasteiger partial charge < -0.3 is 5.11 Å². The highest BCUT2D eigenvalue weighted by molar-refractivity contribution is 7.95. The quantitative estimate of drug-likeness (QED) is 0.660. The van der Waals surface area contributed by atoms with Crippen molar-refractivity contribution in [3.63, 3.8) is 0 Å². The molecule has 1 heterocycles. The molecule has 7 nitrogen and oxygen atoms in total. The molecule has 0 aliphatic carbocycles. The van der Waals surface area contributed by atoms with E-state index in [2.05, 4.69) is 4.72 Å². The van der Waals surface area contributed by atoms with Crippen molar-refractivity contribution in [2.24, 2.45) is 5.92 Å². The molecule has 1 rings (SSSR count). The van der Waals surface area contributed by atoms with Gasteiger partial charge in [0.2, 0.25) is 10.0 Å². The number of hydrogen-bond donors (Lipinski definition) is 2. The van der Waals surface area contributed by atoms with E-state index in [9.17, 15) is 21.6 Å². The molecule has 0 bridgehead atoms. The molecule has 0 saturated carbocycles. The summed E-state index contributed by atoms with van der Waals surface area (Å²) in [6.07, 6.45) is 1.08. The SMILES string of the molecule is CCCC(CNS(=O)(=O)C1CCS(=O)(=O)C1)C(=O)O. The normalized spacial score (nSPS) is 24.2. The zero-order valence-corrected chi connectivity index (χ0v) is 12.3. The number of hydrogen-bond acceptors (Lipinski definition) is 5. The number of carboxylic acid groups (broad SMARTS) is 1. The largest absolute Gasteiger partial charge is 0.481 e. The van der Waals surface area contributed by atoms with Gasteiger partial charge >= 0.3 is 5.97 Å². The summed E-state index contributed by atoms with van der Waals surface area (Å²) >= 11 is 0. The lowest BCUT2D eigenvalue weighted by Crippen LogP contribution is -2.39. The minimum atomic E-state index is -3.77. The van der Waals surface area contributed by atoms with E-state index in [4.69, 9.17) is 5.11 Å². The van der Waals surface area contributed by atoms with Crippen LogP contribution in [0.3, 0.4) is 0 Å². The molecule has 2 N–H and O–H groups in total. The van der Waals surface area contributed by atoms with Crippen molar-refractivity contribution in [3.8, 4) is 0 Å². The van der Waals surface area contributed by atoms with Gasteiger partial charge in [-0.15, -0.1) is 0 Å². The molecule has 0 amide bonds. The summed E-state index contributed by atoms with van der Waals surface area (Å²) in [4.78, 5) is 10.9. The van der Waals surface area contributed by atoms with Gasteiger partial charge in [-0.2, -0.15) is 0 Å². The Bertz CT molecular complexity index is 524. The summed E-state index contributed by atoms with van der Waals surface area (Å²) in [6, 6.07) is 0. The van der Waals surface area contributed by atoms with Crippen molar-refractivity contribution < 1.29 is 26.7 Å². The molecule has 112 valence electrons. The van der Waals surface area contributed by atoms with E-state index >= 15 is 0 Å². The third-order valence-corrected chi connectivity index (χ3v) is 6.97. The Labute approximate surface area is 113 Å². The van der Waals surface area contributed by atoms with Crippen LogP contribution in [-0.4, -0.2) is 51.2 Å². The van der Waals surface area contributed by atoms with Gasteiger partial charge in [0.15, 0.2) is 9.84 Å². The van der Waals surface area contributed by atoms with Gasteiger partial charge in [0.1, 0.15) is 0 Å². The zero-order chi connectivity index (χ0) is 14.7. The summed E-state index contributed by atoms with van der Waals surface area (Å²) < 4.78 is 48.5. The molecule has 2 atom stereocenters. The van der Waals surface area contributed by atoms with Crippen LogP contribution >= 0.6 is 0 Å². The minimum absolute atomic E-state index is 0.0726. The maximum Gasteiger partial charge on any atom is 0.307 e. The molecule has 0 radical (unpaired) electrons. The highest BCUT2D eigenvalue weighted by atomic mass is 32.2. The van der Waals surface area contributed by atoms with Gasteiger partial charge in [-0.3, -0.25) is 4.79 Å². The fourth-order valence-corrected chi connectivity index (χ4v) is 6.13. The van der Waals surface area contributed by atoms with Gasteiger partial charge in [0, 0.05) is 6.54 Å². The van der Waals surface area contributed by atoms with E-state index in [1.165, 1.54) is 0 Å². The lowest BCUT2D eigenvalue weighted by molar-refractivity contribution is -0.141. The van der Waals surface area contributed by atoms with Crippen LogP contribution in [0.2, 0.25) is 0 Å². The van der Waals surface area contributed by atoms with Crippen LogP contribution in [0.4, 0.5) is 0 Å². The Hall–Kier alpha value is -0.670. The first-order chi connectivity index (χ1) is 8.68. The molecular weight excluding hydrogens is 294 g/mol. The van der Waals surface area contributed by atoms with E-state index in [1.54, 1.807) is 0 Å². The van der Waals surface area contributed by atoms with Gasteiger partial charge in [-0.05, 0) is 12.8 Å². The Morgan fingerprint density at radius 1 is 1.47 bits per heavy atom. The van der Waals surface area contributed by atoms with Crippen molar-refractivity contribution >= 4 is 25.8 Å². The predicted octanol–water partition coefficient (Wildman–Crippen LogP) is -0.406. The molecule has 1 aliphatic rings. The number of carboxylic acids is 1. The predicted molar refractivity (Wildman–Crippen MR) is 70.0 cm³/mol. The van der Waals surface area contributed by atoms with Gasteiger partial charge in [0.05, 0.1) is 22.7 Å². The van der Waals surface area contributed by atoms with Gasteiger partial charge in [-0.1, -0.05) is 13.3 Å².